The van der Waals surface area contributed by atoms with Crippen LogP contribution in [0.1, 0.15) is 57.3 Å². The Bertz CT molecular complexity index is 819. The molecule has 0 unspecified atom stereocenters. The van der Waals surface area contributed by atoms with Gasteiger partial charge >= 0.3 is 0 Å². The van der Waals surface area contributed by atoms with Gasteiger partial charge in [-0.25, -0.2) is 4.98 Å². The predicted octanol–water partition coefficient (Wildman–Crippen LogP) is 4.05. The van der Waals surface area contributed by atoms with E-state index in [1.165, 1.54) is 24.0 Å². The van der Waals surface area contributed by atoms with Gasteiger partial charge in [0.1, 0.15) is 10.2 Å². The summed E-state index contributed by atoms with van der Waals surface area (Å²) in [7, 11) is 0. The monoisotopic (exact) mass is 377 g/mol. The lowest BCUT2D eigenvalue weighted by Crippen LogP contribution is -2.20. The van der Waals surface area contributed by atoms with Gasteiger partial charge < -0.3 is 11.1 Å². The number of thiophene rings is 1. The van der Waals surface area contributed by atoms with E-state index in [1.54, 1.807) is 12.1 Å². The van der Waals surface area contributed by atoms with E-state index in [0.29, 0.717) is 16.5 Å². The summed E-state index contributed by atoms with van der Waals surface area (Å²) in [5.74, 6) is -0.253. The molecule has 7 heteroatoms. The minimum atomic E-state index is -0.501. The number of hydrogen-bond acceptors (Lipinski definition) is 4. The summed E-state index contributed by atoms with van der Waals surface area (Å²) in [5.41, 5.74) is 7.32. The third-order valence-electron chi connectivity index (χ3n) is 4.54. The summed E-state index contributed by atoms with van der Waals surface area (Å²) in [6, 6.07) is 3.24. The Balaban J connectivity index is 1.90. The minimum Gasteiger partial charge on any atom is -0.365 e. The third kappa shape index (κ3) is 3.70. The topological polar surface area (TPSA) is 85.1 Å². The summed E-state index contributed by atoms with van der Waals surface area (Å²) < 4.78 is 0. The van der Waals surface area contributed by atoms with Gasteiger partial charge in [0.05, 0.1) is 11.1 Å². The molecule has 1 aliphatic carbocycles. The van der Waals surface area contributed by atoms with E-state index in [1.807, 2.05) is 0 Å². The fourth-order valence-corrected chi connectivity index (χ4v) is 4.95. The number of pyridine rings is 1. The van der Waals surface area contributed by atoms with Gasteiger partial charge in [-0.05, 0) is 42.9 Å². The van der Waals surface area contributed by atoms with Crippen molar-refractivity contribution in [2.24, 2.45) is 11.7 Å². The highest BCUT2D eigenvalue weighted by Gasteiger charge is 2.28. The van der Waals surface area contributed by atoms with Crippen LogP contribution in [0.4, 0.5) is 5.00 Å². The summed E-state index contributed by atoms with van der Waals surface area (Å²) in [6.07, 6.45) is 6.68. The molecule has 2 amide bonds. The largest absolute Gasteiger partial charge is 0.365 e. The molecule has 132 valence electrons. The molecule has 0 aliphatic heterocycles. The first kappa shape index (κ1) is 17.9. The van der Waals surface area contributed by atoms with Crippen LogP contribution < -0.4 is 11.1 Å². The van der Waals surface area contributed by atoms with Crippen LogP contribution in [0.25, 0.3) is 0 Å². The Labute approximate surface area is 155 Å². The molecule has 0 aromatic carbocycles. The molecule has 0 radical (unpaired) electrons. The summed E-state index contributed by atoms with van der Waals surface area (Å²) in [4.78, 5) is 29.6. The van der Waals surface area contributed by atoms with Crippen LogP contribution in [0.2, 0.25) is 5.15 Å². The zero-order valence-electron chi connectivity index (χ0n) is 14.0. The Morgan fingerprint density at radius 1 is 1.48 bits per heavy atom. The highest BCUT2D eigenvalue weighted by molar-refractivity contribution is 7.17. The van der Waals surface area contributed by atoms with Crippen molar-refractivity contribution in [2.45, 2.75) is 39.0 Å². The average Bonchev–Trinajstić information content (AvgIpc) is 2.92. The number of nitrogens with zero attached hydrogens (tertiary/aromatic N) is 1. The van der Waals surface area contributed by atoms with Gasteiger partial charge in [-0.15, -0.1) is 11.3 Å². The van der Waals surface area contributed by atoms with Crippen molar-refractivity contribution >= 4 is 39.8 Å². The highest BCUT2D eigenvalue weighted by Crippen LogP contribution is 2.40. The molecule has 2 heterocycles. The number of hydrogen-bond donors (Lipinski definition) is 2. The van der Waals surface area contributed by atoms with Gasteiger partial charge in [-0.2, -0.15) is 0 Å². The van der Waals surface area contributed by atoms with Crippen LogP contribution in [-0.2, 0) is 12.8 Å². The second kappa shape index (κ2) is 7.54. The summed E-state index contributed by atoms with van der Waals surface area (Å²) >= 11 is 7.43. The molecule has 3 rings (SSSR count). The van der Waals surface area contributed by atoms with E-state index in [-0.39, 0.29) is 16.6 Å². The quantitative estimate of drug-likeness (QED) is 0.770. The molecule has 25 heavy (non-hydrogen) atoms. The van der Waals surface area contributed by atoms with Gasteiger partial charge in [-0.3, -0.25) is 9.59 Å². The number of halogens is 1. The molecule has 0 saturated heterocycles. The van der Waals surface area contributed by atoms with Gasteiger partial charge in [0.15, 0.2) is 0 Å². The first-order valence-corrected chi connectivity index (χ1v) is 9.56. The maximum Gasteiger partial charge on any atom is 0.259 e. The van der Waals surface area contributed by atoms with Gasteiger partial charge in [-0.1, -0.05) is 31.4 Å². The van der Waals surface area contributed by atoms with Crippen molar-refractivity contribution in [1.82, 2.24) is 4.98 Å². The zero-order valence-corrected chi connectivity index (χ0v) is 15.5. The van der Waals surface area contributed by atoms with Crippen molar-refractivity contribution in [2.75, 3.05) is 5.32 Å². The van der Waals surface area contributed by atoms with Crippen LogP contribution in [0.5, 0.6) is 0 Å². The molecule has 0 bridgehead atoms. The van der Waals surface area contributed by atoms with Crippen molar-refractivity contribution in [3.63, 3.8) is 0 Å². The second-order valence-electron chi connectivity index (χ2n) is 6.27. The number of nitrogens with two attached hydrogens (primary N) is 1. The summed E-state index contributed by atoms with van der Waals surface area (Å²) in [6.45, 7) is 2.18. The van der Waals surface area contributed by atoms with E-state index in [9.17, 15) is 9.59 Å². The first-order valence-electron chi connectivity index (χ1n) is 8.37. The lowest BCUT2D eigenvalue weighted by atomic mass is 9.84. The molecule has 0 spiro atoms. The van der Waals surface area contributed by atoms with Crippen molar-refractivity contribution in [3.8, 4) is 0 Å². The van der Waals surface area contributed by atoms with Crippen LogP contribution >= 0.6 is 22.9 Å². The van der Waals surface area contributed by atoms with Crippen LogP contribution in [0, 0.1) is 5.92 Å². The van der Waals surface area contributed by atoms with E-state index in [0.717, 1.165) is 36.1 Å². The van der Waals surface area contributed by atoms with Crippen LogP contribution in [-0.4, -0.2) is 16.8 Å². The average molecular weight is 378 g/mol. The SMILES string of the molecule is CCC[C@@H]1CCc2c(sc(NC(=O)c3cccnc3Cl)c2C(N)=O)C1. The maximum absolute atomic E-state index is 12.5. The number of anilines is 1. The number of carbonyl (C=O) groups is 2. The zero-order chi connectivity index (χ0) is 18.0. The number of nitrogens with one attached hydrogen (secondary N) is 1. The molecular weight excluding hydrogens is 358 g/mol. The smallest absolute Gasteiger partial charge is 0.259 e. The van der Waals surface area contributed by atoms with Crippen LogP contribution in [0.3, 0.4) is 0 Å². The van der Waals surface area contributed by atoms with Crippen molar-refractivity contribution < 1.29 is 9.59 Å². The third-order valence-corrected chi connectivity index (χ3v) is 6.01. The second-order valence-corrected chi connectivity index (χ2v) is 7.73. The van der Waals surface area contributed by atoms with Crippen molar-refractivity contribution in [3.05, 3.63) is 45.1 Å². The molecule has 2 aromatic rings. The van der Waals surface area contributed by atoms with E-state index < -0.39 is 5.91 Å². The molecule has 0 saturated carbocycles. The Morgan fingerprint density at radius 2 is 2.28 bits per heavy atom. The predicted molar refractivity (Wildman–Crippen MR) is 100 cm³/mol. The van der Waals surface area contributed by atoms with Crippen LogP contribution in [0.15, 0.2) is 18.3 Å². The molecule has 0 fully saturated rings. The molecule has 5 nitrogen and oxygen atoms in total. The van der Waals surface area contributed by atoms with E-state index in [2.05, 4.69) is 17.2 Å². The molecule has 1 atom stereocenters. The standard InChI is InChI=1S/C18H20ClN3O2S/c1-2-4-10-6-7-11-13(9-10)25-18(14(11)16(20)23)22-17(24)12-5-3-8-21-15(12)19/h3,5,8,10H,2,4,6-7,9H2,1H3,(H2,20,23)(H,22,24)/t10-/m1/s1. The number of primary amides is 1. The fourth-order valence-electron chi connectivity index (χ4n) is 3.38. The first-order chi connectivity index (χ1) is 12.0. The molecule has 3 N–H and O–H groups in total. The van der Waals surface area contributed by atoms with Crippen molar-refractivity contribution in [1.29, 1.82) is 0 Å². The van der Waals surface area contributed by atoms with Gasteiger partial charge in [0.25, 0.3) is 11.8 Å². The lowest BCUT2D eigenvalue weighted by molar-refractivity contribution is 0.1000. The van der Waals surface area contributed by atoms with Gasteiger partial charge in [0.2, 0.25) is 0 Å². The Kier molecular flexibility index (Phi) is 5.39. The number of aromatic nitrogens is 1. The highest BCUT2D eigenvalue weighted by atomic mass is 35.5. The fraction of sp³-hybridized carbons (Fsp3) is 0.389. The molecule has 2 aromatic heterocycles. The maximum atomic E-state index is 12.5. The normalized spacial score (nSPS) is 16.3. The number of amides is 2. The number of fused-ring (bicyclic) bond motifs is 1. The van der Waals surface area contributed by atoms with E-state index in [4.69, 9.17) is 17.3 Å². The number of carbonyl (C=O) groups excluding carboxylic acids is 2. The minimum absolute atomic E-state index is 0.130. The van der Waals surface area contributed by atoms with E-state index >= 15 is 0 Å². The van der Waals surface area contributed by atoms with Gasteiger partial charge in [0, 0.05) is 11.1 Å². The summed E-state index contributed by atoms with van der Waals surface area (Å²) in [5, 5.41) is 3.45. The Hall–Kier alpha value is -1.92. The molecular formula is C18H20ClN3O2S. The Morgan fingerprint density at radius 3 is 2.96 bits per heavy atom. The molecule has 1 aliphatic rings. The lowest BCUT2D eigenvalue weighted by Gasteiger charge is -2.21. The number of rotatable bonds is 5.